The van der Waals surface area contributed by atoms with Crippen molar-refractivity contribution in [3.05, 3.63) is 66.0 Å². The van der Waals surface area contributed by atoms with Gasteiger partial charge in [-0.05, 0) is 56.2 Å². The zero-order valence-corrected chi connectivity index (χ0v) is 16.2. The number of likely N-dealkylation sites (tertiary alicyclic amines) is 1. The fraction of sp³-hybridized carbons (Fsp3) is 0.273. The highest BCUT2D eigenvalue weighted by Crippen LogP contribution is 2.22. The molecule has 1 aliphatic heterocycles. The zero-order valence-electron chi connectivity index (χ0n) is 16.2. The summed E-state index contributed by atoms with van der Waals surface area (Å²) >= 11 is 0. The predicted molar refractivity (Wildman–Crippen MR) is 108 cm³/mol. The van der Waals surface area contributed by atoms with E-state index < -0.39 is 0 Å². The molecule has 0 radical (unpaired) electrons. The number of nitrogens with zero attached hydrogens (tertiary/aromatic N) is 3. The van der Waals surface area contributed by atoms with Gasteiger partial charge in [0.15, 0.2) is 5.82 Å². The van der Waals surface area contributed by atoms with Crippen molar-refractivity contribution >= 4 is 17.5 Å². The smallest absolute Gasteiger partial charge is 0.257 e. The molecule has 4 rings (SSSR count). The molecule has 1 unspecified atom stereocenters. The molecule has 2 aromatic carbocycles. The number of nitrogens with one attached hydrogen (secondary N) is 1. The summed E-state index contributed by atoms with van der Waals surface area (Å²) in [4.78, 5) is 31.5. The van der Waals surface area contributed by atoms with Crippen LogP contribution in [-0.2, 0) is 4.79 Å². The standard InChI is InChI=1S/C22H22N4O3/c1-15-23-21(29-25-15)16-9-11-17(12-10-16)22(28)26-13-5-6-18(14-26)20(27)24-19-7-3-2-4-8-19/h2-4,7-12,18H,5-6,13-14H2,1H3,(H,24,27). The van der Waals surface area contributed by atoms with Gasteiger partial charge >= 0.3 is 0 Å². The molecule has 1 N–H and O–H groups in total. The van der Waals surface area contributed by atoms with E-state index in [1.54, 1.807) is 36.1 Å². The molecule has 1 aliphatic rings. The summed E-state index contributed by atoms with van der Waals surface area (Å²) in [6.07, 6.45) is 1.58. The first-order valence-electron chi connectivity index (χ1n) is 9.66. The van der Waals surface area contributed by atoms with Crippen LogP contribution >= 0.6 is 0 Å². The van der Waals surface area contributed by atoms with Crippen LogP contribution in [0.4, 0.5) is 5.69 Å². The van der Waals surface area contributed by atoms with Crippen LogP contribution in [0.1, 0.15) is 29.0 Å². The Morgan fingerprint density at radius 1 is 1.10 bits per heavy atom. The quantitative estimate of drug-likeness (QED) is 0.736. The second kappa shape index (κ2) is 8.26. The van der Waals surface area contributed by atoms with Crippen molar-refractivity contribution in [1.29, 1.82) is 0 Å². The maximum atomic E-state index is 12.9. The lowest BCUT2D eigenvalue weighted by molar-refractivity contribution is -0.121. The second-order valence-electron chi connectivity index (χ2n) is 7.17. The third-order valence-electron chi connectivity index (χ3n) is 5.03. The molecule has 2 heterocycles. The van der Waals surface area contributed by atoms with Gasteiger partial charge < -0.3 is 14.7 Å². The van der Waals surface area contributed by atoms with Gasteiger partial charge in [0.1, 0.15) is 0 Å². The molecule has 2 amide bonds. The normalized spacial score (nSPS) is 16.4. The van der Waals surface area contributed by atoms with Gasteiger partial charge in [-0.3, -0.25) is 9.59 Å². The molecule has 0 spiro atoms. The van der Waals surface area contributed by atoms with Gasteiger partial charge in [-0.2, -0.15) is 4.98 Å². The minimum atomic E-state index is -0.214. The molecule has 7 nitrogen and oxygen atoms in total. The molecule has 148 valence electrons. The number of anilines is 1. The number of hydrogen-bond acceptors (Lipinski definition) is 5. The van der Waals surface area contributed by atoms with Crippen molar-refractivity contribution in [2.45, 2.75) is 19.8 Å². The Hall–Kier alpha value is -3.48. The average Bonchev–Trinajstić information content (AvgIpc) is 3.20. The fourth-order valence-corrected chi connectivity index (χ4v) is 3.49. The van der Waals surface area contributed by atoms with E-state index in [1.807, 2.05) is 30.3 Å². The van der Waals surface area contributed by atoms with Crippen LogP contribution in [0.5, 0.6) is 0 Å². The third-order valence-corrected chi connectivity index (χ3v) is 5.03. The van der Waals surface area contributed by atoms with Gasteiger partial charge in [-0.1, -0.05) is 23.4 Å². The summed E-state index contributed by atoms with van der Waals surface area (Å²) in [5.74, 6) is 0.658. The van der Waals surface area contributed by atoms with Crippen molar-refractivity contribution < 1.29 is 14.1 Å². The number of para-hydroxylation sites is 1. The van der Waals surface area contributed by atoms with Crippen molar-refractivity contribution in [3.63, 3.8) is 0 Å². The topological polar surface area (TPSA) is 88.3 Å². The second-order valence-corrected chi connectivity index (χ2v) is 7.17. The van der Waals surface area contributed by atoms with Gasteiger partial charge in [0, 0.05) is 29.9 Å². The van der Waals surface area contributed by atoms with Crippen molar-refractivity contribution in [3.8, 4) is 11.5 Å². The molecule has 1 saturated heterocycles. The third kappa shape index (κ3) is 4.34. The monoisotopic (exact) mass is 390 g/mol. The molecule has 3 aromatic rings. The molecule has 1 fully saturated rings. The lowest BCUT2D eigenvalue weighted by Crippen LogP contribution is -2.43. The van der Waals surface area contributed by atoms with Gasteiger partial charge in [-0.25, -0.2) is 0 Å². The first-order chi connectivity index (χ1) is 14.1. The number of aryl methyl sites for hydroxylation is 1. The van der Waals surface area contributed by atoms with Gasteiger partial charge in [0.25, 0.3) is 11.8 Å². The van der Waals surface area contributed by atoms with Crippen LogP contribution in [0, 0.1) is 12.8 Å². The summed E-state index contributed by atoms with van der Waals surface area (Å²) < 4.78 is 5.16. The van der Waals surface area contributed by atoms with Gasteiger partial charge in [0.05, 0.1) is 5.92 Å². The number of carbonyl (C=O) groups is 2. The summed E-state index contributed by atoms with van der Waals surface area (Å²) in [7, 11) is 0. The maximum absolute atomic E-state index is 12.9. The fourth-order valence-electron chi connectivity index (χ4n) is 3.49. The highest BCUT2D eigenvalue weighted by Gasteiger charge is 2.29. The Kier molecular flexibility index (Phi) is 5.37. The molecular weight excluding hydrogens is 368 g/mol. The van der Waals surface area contributed by atoms with E-state index >= 15 is 0 Å². The Labute approximate surface area is 168 Å². The molecule has 29 heavy (non-hydrogen) atoms. The first-order valence-corrected chi connectivity index (χ1v) is 9.66. The number of piperidine rings is 1. The van der Waals surface area contributed by atoms with E-state index in [9.17, 15) is 9.59 Å². The van der Waals surface area contributed by atoms with Crippen LogP contribution < -0.4 is 5.32 Å². The van der Waals surface area contributed by atoms with E-state index in [0.717, 1.165) is 24.1 Å². The number of carbonyl (C=O) groups excluding carboxylic acids is 2. The Balaban J connectivity index is 1.41. The Bertz CT molecular complexity index is 998. The minimum absolute atomic E-state index is 0.0455. The highest BCUT2D eigenvalue weighted by molar-refractivity contribution is 5.96. The molecule has 0 bridgehead atoms. The molecule has 0 aliphatic carbocycles. The van der Waals surface area contributed by atoms with Crippen LogP contribution in [0.25, 0.3) is 11.5 Å². The molecular formula is C22H22N4O3. The van der Waals surface area contributed by atoms with Crippen LogP contribution in [0.15, 0.2) is 59.1 Å². The lowest BCUT2D eigenvalue weighted by atomic mass is 9.96. The highest BCUT2D eigenvalue weighted by atomic mass is 16.5. The Morgan fingerprint density at radius 2 is 1.86 bits per heavy atom. The number of rotatable bonds is 4. The average molecular weight is 390 g/mol. The summed E-state index contributed by atoms with van der Waals surface area (Å²) in [5.41, 5.74) is 2.11. The van der Waals surface area contributed by atoms with E-state index in [4.69, 9.17) is 4.52 Å². The summed E-state index contributed by atoms with van der Waals surface area (Å²) in [5, 5.41) is 6.72. The maximum Gasteiger partial charge on any atom is 0.257 e. The summed E-state index contributed by atoms with van der Waals surface area (Å²) in [6, 6.07) is 16.5. The SMILES string of the molecule is Cc1noc(-c2ccc(C(=O)N3CCCC(C(=O)Nc4ccccc4)C3)cc2)n1. The minimum Gasteiger partial charge on any atom is -0.338 e. The first kappa shape index (κ1) is 18.9. The lowest BCUT2D eigenvalue weighted by Gasteiger charge is -2.32. The molecule has 0 saturated carbocycles. The van der Waals surface area contributed by atoms with Gasteiger partial charge in [0.2, 0.25) is 5.91 Å². The number of amides is 2. The molecule has 1 aromatic heterocycles. The van der Waals surface area contributed by atoms with Gasteiger partial charge in [-0.15, -0.1) is 0 Å². The number of hydrogen-bond donors (Lipinski definition) is 1. The van der Waals surface area contributed by atoms with E-state index in [2.05, 4.69) is 15.5 Å². The molecule has 1 atom stereocenters. The Morgan fingerprint density at radius 3 is 2.55 bits per heavy atom. The van der Waals surface area contributed by atoms with Crippen molar-refractivity contribution in [2.75, 3.05) is 18.4 Å². The van der Waals surface area contributed by atoms with E-state index in [-0.39, 0.29) is 17.7 Å². The van der Waals surface area contributed by atoms with Crippen LogP contribution in [0.2, 0.25) is 0 Å². The van der Waals surface area contributed by atoms with E-state index in [1.165, 1.54) is 0 Å². The van der Waals surface area contributed by atoms with Crippen LogP contribution in [-0.4, -0.2) is 39.9 Å². The predicted octanol–water partition coefficient (Wildman–Crippen LogP) is 3.54. The number of benzene rings is 2. The number of aromatic nitrogens is 2. The summed E-state index contributed by atoms with van der Waals surface area (Å²) in [6.45, 7) is 2.83. The molecule has 7 heteroatoms. The van der Waals surface area contributed by atoms with Crippen molar-refractivity contribution in [1.82, 2.24) is 15.0 Å². The van der Waals surface area contributed by atoms with Crippen molar-refractivity contribution in [2.24, 2.45) is 5.92 Å². The van der Waals surface area contributed by atoms with E-state index in [0.29, 0.717) is 30.4 Å². The zero-order chi connectivity index (χ0) is 20.2. The van der Waals surface area contributed by atoms with Crippen LogP contribution in [0.3, 0.4) is 0 Å². The largest absolute Gasteiger partial charge is 0.338 e.